The maximum atomic E-state index is 13.5. The summed E-state index contributed by atoms with van der Waals surface area (Å²) in [5.41, 5.74) is 1.90. The van der Waals surface area contributed by atoms with Gasteiger partial charge in [-0.1, -0.05) is 6.07 Å². The molecule has 4 aliphatic heterocycles. The van der Waals surface area contributed by atoms with Crippen LogP contribution in [0.5, 0.6) is 0 Å². The van der Waals surface area contributed by atoms with Crippen molar-refractivity contribution < 1.29 is 13.9 Å². The number of carbonyl (C=O) groups is 1. The Morgan fingerprint density at radius 3 is 2.70 bits per heavy atom. The summed E-state index contributed by atoms with van der Waals surface area (Å²) >= 11 is 0. The molecule has 1 aromatic heterocycles. The van der Waals surface area contributed by atoms with Crippen LogP contribution in [0.1, 0.15) is 49.3 Å². The number of aromatic nitrogens is 1. The zero-order valence-corrected chi connectivity index (χ0v) is 17.6. The second kappa shape index (κ2) is 8.42. The van der Waals surface area contributed by atoms with E-state index in [1.807, 2.05) is 20.4 Å². The Hall–Kier alpha value is -1.73. The predicted molar refractivity (Wildman–Crippen MR) is 111 cm³/mol. The molecule has 1 amide bonds. The maximum Gasteiger partial charge on any atom is 0.255 e. The third-order valence-corrected chi connectivity index (χ3v) is 7.45. The zero-order chi connectivity index (χ0) is 20.7. The van der Waals surface area contributed by atoms with Crippen molar-refractivity contribution in [3.05, 3.63) is 33.7 Å². The molecular formula is C23H32FN3O3. The summed E-state index contributed by atoms with van der Waals surface area (Å²) in [7, 11) is 0. The number of nitrogens with zero attached hydrogens (tertiary/aromatic N) is 3. The van der Waals surface area contributed by atoms with Crippen LogP contribution in [-0.2, 0) is 22.6 Å². The molecule has 3 atom stereocenters. The summed E-state index contributed by atoms with van der Waals surface area (Å²) in [5.74, 6) is 1.28. The lowest BCUT2D eigenvalue weighted by Gasteiger charge is -2.43. The molecule has 6 nitrogen and oxygen atoms in total. The monoisotopic (exact) mass is 417 g/mol. The van der Waals surface area contributed by atoms with E-state index >= 15 is 0 Å². The van der Waals surface area contributed by atoms with Gasteiger partial charge in [-0.15, -0.1) is 0 Å². The first-order valence-electron chi connectivity index (χ1n) is 11.5. The minimum atomic E-state index is -0.769. The highest BCUT2D eigenvalue weighted by Gasteiger charge is 2.37. The summed E-state index contributed by atoms with van der Waals surface area (Å²) in [5, 5.41) is 0. The van der Waals surface area contributed by atoms with Gasteiger partial charge < -0.3 is 14.2 Å². The molecule has 0 spiro atoms. The quantitative estimate of drug-likeness (QED) is 0.753. The molecule has 4 aliphatic rings. The van der Waals surface area contributed by atoms with E-state index in [1.165, 1.54) is 0 Å². The van der Waals surface area contributed by atoms with Gasteiger partial charge in [-0.25, -0.2) is 4.39 Å². The number of hydrogen-bond acceptors (Lipinski definition) is 4. The van der Waals surface area contributed by atoms with Gasteiger partial charge in [0.2, 0.25) is 5.91 Å². The number of hydrogen-bond donors (Lipinski definition) is 0. The van der Waals surface area contributed by atoms with Gasteiger partial charge in [-0.3, -0.25) is 14.5 Å². The van der Waals surface area contributed by atoms with Crippen LogP contribution in [0.4, 0.5) is 4.39 Å². The van der Waals surface area contributed by atoms with E-state index in [4.69, 9.17) is 4.74 Å². The molecule has 5 rings (SSSR count). The highest BCUT2D eigenvalue weighted by atomic mass is 19.1. The fourth-order valence-electron chi connectivity index (χ4n) is 5.81. The molecule has 0 aliphatic carbocycles. The predicted octanol–water partition coefficient (Wildman–Crippen LogP) is 2.15. The normalized spacial score (nSPS) is 29.8. The topological polar surface area (TPSA) is 54.8 Å². The molecule has 164 valence electrons. The van der Waals surface area contributed by atoms with E-state index < -0.39 is 6.17 Å². The van der Waals surface area contributed by atoms with Gasteiger partial charge in [-0.2, -0.15) is 0 Å². The maximum absolute atomic E-state index is 13.5. The standard InChI is InChI=1S/C23H32FN3O3/c24-20-3-6-25(15-20)13-18-1-2-21-19-9-17(12-27(21)23(18)29)11-26(14-19)22(28)10-16-4-7-30-8-5-16/h1-2,16-17,19-20H,3-15H2/t17-,19+,20-/m0/s1. The Morgan fingerprint density at radius 1 is 1.10 bits per heavy atom. The molecule has 1 aromatic rings. The second-order valence-corrected chi connectivity index (χ2v) is 9.68. The van der Waals surface area contributed by atoms with Crippen molar-refractivity contribution in [2.45, 2.75) is 57.3 Å². The molecule has 5 heterocycles. The third-order valence-electron chi connectivity index (χ3n) is 7.45. The Bertz CT molecular complexity index is 851. The lowest BCUT2D eigenvalue weighted by atomic mass is 9.82. The van der Waals surface area contributed by atoms with Gasteiger partial charge in [0.25, 0.3) is 5.56 Å². The first-order chi connectivity index (χ1) is 14.6. The van der Waals surface area contributed by atoms with E-state index in [1.54, 1.807) is 0 Å². The fraction of sp³-hybridized carbons (Fsp3) is 0.739. The average molecular weight is 418 g/mol. The molecule has 0 aromatic carbocycles. The SMILES string of the molecule is O=C(CC1CCOCC1)N1C[C@@H]2C[C@H](C1)c1ccc(CN3CC[C@H](F)C3)c(=O)n1C2. The van der Waals surface area contributed by atoms with E-state index in [2.05, 4.69) is 6.07 Å². The highest BCUT2D eigenvalue weighted by molar-refractivity contribution is 5.76. The van der Waals surface area contributed by atoms with Gasteiger partial charge in [0.15, 0.2) is 0 Å². The number of likely N-dealkylation sites (tertiary alicyclic amines) is 2. The van der Waals surface area contributed by atoms with Gasteiger partial charge in [-0.05, 0) is 43.6 Å². The first-order valence-corrected chi connectivity index (χ1v) is 11.5. The Morgan fingerprint density at radius 2 is 1.93 bits per heavy atom. The van der Waals surface area contributed by atoms with Crippen molar-refractivity contribution in [2.75, 3.05) is 39.4 Å². The van der Waals surface area contributed by atoms with E-state index in [-0.39, 0.29) is 17.4 Å². The van der Waals surface area contributed by atoms with Gasteiger partial charge in [0.1, 0.15) is 6.17 Å². The number of fused-ring (bicyclic) bond motifs is 4. The smallest absolute Gasteiger partial charge is 0.255 e. The highest BCUT2D eigenvalue weighted by Crippen LogP contribution is 2.36. The summed E-state index contributed by atoms with van der Waals surface area (Å²) < 4.78 is 20.9. The molecule has 0 radical (unpaired) electrons. The lowest BCUT2D eigenvalue weighted by Crippen LogP contribution is -2.50. The Labute approximate surface area is 177 Å². The summed E-state index contributed by atoms with van der Waals surface area (Å²) in [4.78, 5) is 30.2. The van der Waals surface area contributed by atoms with Crippen LogP contribution in [0.15, 0.2) is 16.9 Å². The van der Waals surface area contributed by atoms with E-state index in [0.29, 0.717) is 50.9 Å². The summed E-state index contributed by atoms with van der Waals surface area (Å²) in [6, 6.07) is 4.01. The number of alkyl halides is 1. The van der Waals surface area contributed by atoms with Crippen LogP contribution in [0.3, 0.4) is 0 Å². The molecule has 0 saturated carbocycles. The first kappa shape index (κ1) is 20.2. The van der Waals surface area contributed by atoms with Crippen molar-refractivity contribution >= 4 is 5.91 Å². The minimum Gasteiger partial charge on any atom is -0.381 e. The molecule has 2 bridgehead atoms. The lowest BCUT2D eigenvalue weighted by molar-refractivity contribution is -0.135. The van der Waals surface area contributed by atoms with Crippen molar-refractivity contribution in [2.24, 2.45) is 11.8 Å². The number of amides is 1. The van der Waals surface area contributed by atoms with E-state index in [9.17, 15) is 14.0 Å². The van der Waals surface area contributed by atoms with E-state index in [0.717, 1.165) is 56.8 Å². The van der Waals surface area contributed by atoms with Gasteiger partial charge in [0, 0.05) is 76.1 Å². The van der Waals surface area contributed by atoms with Crippen LogP contribution in [0, 0.1) is 11.8 Å². The molecule has 3 fully saturated rings. The molecule has 3 saturated heterocycles. The summed E-state index contributed by atoms with van der Waals surface area (Å²) in [6.45, 7) is 5.37. The minimum absolute atomic E-state index is 0.0755. The summed E-state index contributed by atoms with van der Waals surface area (Å²) in [6.07, 6.45) is 3.43. The third kappa shape index (κ3) is 4.06. The average Bonchev–Trinajstić information content (AvgIpc) is 3.16. The molecule has 30 heavy (non-hydrogen) atoms. The number of halogens is 1. The van der Waals surface area contributed by atoms with Crippen molar-refractivity contribution in [3.63, 3.8) is 0 Å². The number of pyridine rings is 1. The number of rotatable bonds is 4. The number of carbonyl (C=O) groups excluding carboxylic acids is 1. The van der Waals surface area contributed by atoms with Crippen molar-refractivity contribution in [1.29, 1.82) is 0 Å². The Kier molecular flexibility index (Phi) is 5.67. The molecule has 0 N–H and O–H groups in total. The van der Waals surface area contributed by atoms with Crippen LogP contribution < -0.4 is 5.56 Å². The number of piperidine rings is 1. The van der Waals surface area contributed by atoms with Crippen LogP contribution in [0.2, 0.25) is 0 Å². The largest absolute Gasteiger partial charge is 0.381 e. The Balaban J connectivity index is 1.28. The zero-order valence-electron chi connectivity index (χ0n) is 17.6. The number of ether oxygens (including phenoxy) is 1. The fourth-order valence-corrected chi connectivity index (χ4v) is 5.81. The van der Waals surface area contributed by atoms with Crippen LogP contribution >= 0.6 is 0 Å². The van der Waals surface area contributed by atoms with Gasteiger partial charge >= 0.3 is 0 Å². The van der Waals surface area contributed by atoms with Crippen molar-refractivity contribution in [1.82, 2.24) is 14.4 Å². The van der Waals surface area contributed by atoms with Crippen LogP contribution in [0.25, 0.3) is 0 Å². The molecule has 7 heteroatoms. The molecular weight excluding hydrogens is 385 g/mol. The van der Waals surface area contributed by atoms with Crippen molar-refractivity contribution in [3.8, 4) is 0 Å². The van der Waals surface area contributed by atoms with Crippen LogP contribution in [-0.4, -0.2) is 65.8 Å². The molecule has 0 unspecified atom stereocenters. The van der Waals surface area contributed by atoms with Gasteiger partial charge in [0.05, 0.1) is 0 Å². The second-order valence-electron chi connectivity index (χ2n) is 9.68.